The highest BCUT2D eigenvalue weighted by molar-refractivity contribution is 6.31. The lowest BCUT2D eigenvalue weighted by Crippen LogP contribution is -2.14. The second-order valence-electron chi connectivity index (χ2n) is 4.63. The van der Waals surface area contributed by atoms with Gasteiger partial charge in [-0.05, 0) is 11.6 Å². The van der Waals surface area contributed by atoms with Crippen LogP contribution >= 0.6 is 11.6 Å². The monoisotopic (exact) mass is 300 g/mol. The van der Waals surface area contributed by atoms with Gasteiger partial charge in [0.25, 0.3) is 5.56 Å². The van der Waals surface area contributed by atoms with E-state index in [2.05, 4.69) is 11.2 Å². The lowest BCUT2D eigenvalue weighted by atomic mass is 10.1. The summed E-state index contributed by atoms with van der Waals surface area (Å²) in [5, 5.41) is 3.14. The Kier molecular flexibility index (Phi) is 3.27. The molecule has 3 N–H and O–H groups in total. The minimum atomic E-state index is -0.731. The quantitative estimate of drug-likeness (QED) is 0.775. The number of hydrogen-bond donors (Lipinski definition) is 2. The summed E-state index contributed by atoms with van der Waals surface area (Å²) < 4.78 is 1.64. The molecule has 1 radical (unpaired) electrons. The fraction of sp³-hybridized carbons (Fsp3) is 0.0667. The standard InChI is InChI=1S/C15H11ClN3O2/c16-10-6-11(14(17)20)13-12(7-10)19(18-15(13)21)8-9-4-2-1-3-5-9/h1-5,7H,8H2,(H2,17,20)(H,18,21). The van der Waals surface area contributed by atoms with E-state index in [1.165, 1.54) is 0 Å². The van der Waals surface area contributed by atoms with E-state index in [4.69, 9.17) is 17.3 Å². The van der Waals surface area contributed by atoms with E-state index in [-0.39, 0.29) is 21.5 Å². The maximum Gasteiger partial charge on any atom is 0.272 e. The molecule has 1 amide bonds. The molecule has 1 heterocycles. The Labute approximate surface area is 124 Å². The van der Waals surface area contributed by atoms with E-state index in [0.717, 1.165) is 5.56 Å². The third-order valence-electron chi connectivity index (χ3n) is 3.20. The summed E-state index contributed by atoms with van der Waals surface area (Å²) >= 11 is 5.96. The zero-order chi connectivity index (χ0) is 15.0. The molecule has 0 unspecified atom stereocenters. The largest absolute Gasteiger partial charge is 0.366 e. The van der Waals surface area contributed by atoms with Crippen LogP contribution < -0.4 is 11.3 Å². The van der Waals surface area contributed by atoms with Crippen LogP contribution in [0.25, 0.3) is 10.9 Å². The molecule has 3 rings (SSSR count). The molecule has 6 heteroatoms. The summed E-state index contributed by atoms with van der Waals surface area (Å²) in [5.41, 5.74) is 6.45. The van der Waals surface area contributed by atoms with Gasteiger partial charge in [-0.2, -0.15) is 0 Å². The molecule has 0 aliphatic heterocycles. The van der Waals surface area contributed by atoms with Gasteiger partial charge in [0.2, 0.25) is 5.91 Å². The number of aromatic nitrogens is 2. The van der Waals surface area contributed by atoms with E-state index in [1.54, 1.807) is 10.7 Å². The van der Waals surface area contributed by atoms with Crippen LogP contribution in [0.15, 0.2) is 41.2 Å². The van der Waals surface area contributed by atoms with Crippen LogP contribution in [0.3, 0.4) is 0 Å². The van der Waals surface area contributed by atoms with Crippen molar-refractivity contribution < 1.29 is 4.79 Å². The van der Waals surface area contributed by atoms with E-state index in [9.17, 15) is 9.59 Å². The first kappa shape index (κ1) is 13.5. The highest BCUT2D eigenvalue weighted by atomic mass is 35.5. The number of H-pyrrole nitrogens is 1. The molecule has 0 saturated carbocycles. The lowest BCUT2D eigenvalue weighted by Gasteiger charge is -2.05. The fourth-order valence-corrected chi connectivity index (χ4v) is 2.49. The van der Waals surface area contributed by atoms with Gasteiger partial charge in [-0.15, -0.1) is 0 Å². The van der Waals surface area contributed by atoms with E-state index >= 15 is 0 Å². The van der Waals surface area contributed by atoms with Crippen LogP contribution in [0.5, 0.6) is 0 Å². The molecule has 0 fully saturated rings. The summed E-state index contributed by atoms with van der Waals surface area (Å²) in [6.07, 6.45) is 0. The van der Waals surface area contributed by atoms with Gasteiger partial charge >= 0.3 is 0 Å². The number of fused-ring (bicyclic) bond motifs is 1. The van der Waals surface area contributed by atoms with Crippen molar-refractivity contribution in [2.24, 2.45) is 5.73 Å². The van der Waals surface area contributed by atoms with Crippen LogP contribution in [-0.4, -0.2) is 15.7 Å². The number of nitrogens with zero attached hydrogens (tertiary/aromatic N) is 1. The van der Waals surface area contributed by atoms with Crippen molar-refractivity contribution in [2.45, 2.75) is 6.54 Å². The Morgan fingerprint density at radius 1 is 1.33 bits per heavy atom. The molecule has 105 valence electrons. The van der Waals surface area contributed by atoms with Gasteiger partial charge < -0.3 is 5.73 Å². The number of primary amides is 1. The molecular formula is C15H11ClN3O2. The molecule has 1 aromatic heterocycles. The van der Waals surface area contributed by atoms with Gasteiger partial charge in [0.15, 0.2) is 0 Å². The van der Waals surface area contributed by atoms with Crippen LogP contribution in [-0.2, 0) is 6.54 Å². The number of carbonyl (C=O) groups excluding carboxylic acids is 1. The van der Waals surface area contributed by atoms with Gasteiger partial charge in [0, 0.05) is 6.07 Å². The minimum Gasteiger partial charge on any atom is -0.366 e. The maximum atomic E-state index is 12.1. The lowest BCUT2D eigenvalue weighted by molar-refractivity contribution is 0.100. The molecule has 0 bridgehead atoms. The van der Waals surface area contributed by atoms with Crippen LogP contribution in [0, 0.1) is 6.07 Å². The predicted molar refractivity (Wildman–Crippen MR) is 80.5 cm³/mol. The molecule has 0 saturated heterocycles. The maximum absolute atomic E-state index is 12.1. The first-order valence-corrected chi connectivity index (χ1v) is 6.62. The summed E-state index contributed by atoms with van der Waals surface area (Å²) in [7, 11) is 0. The van der Waals surface area contributed by atoms with E-state index in [1.807, 2.05) is 30.3 Å². The van der Waals surface area contributed by atoms with E-state index < -0.39 is 5.91 Å². The molecule has 0 atom stereocenters. The number of carbonyl (C=O) groups is 1. The fourth-order valence-electron chi connectivity index (χ4n) is 2.30. The Balaban J connectivity index is 2.22. The molecule has 3 aromatic rings. The highest BCUT2D eigenvalue weighted by Gasteiger charge is 2.16. The normalized spacial score (nSPS) is 10.9. The number of hydrogen-bond acceptors (Lipinski definition) is 2. The zero-order valence-electron chi connectivity index (χ0n) is 10.9. The number of amides is 1. The topological polar surface area (TPSA) is 80.9 Å². The summed E-state index contributed by atoms with van der Waals surface area (Å²) in [5.74, 6) is -0.731. The first-order valence-electron chi connectivity index (χ1n) is 6.24. The molecule has 21 heavy (non-hydrogen) atoms. The minimum absolute atomic E-state index is 0.00515. The van der Waals surface area contributed by atoms with Crippen molar-refractivity contribution in [3.8, 4) is 0 Å². The number of aromatic amines is 1. The van der Waals surface area contributed by atoms with Gasteiger partial charge in [0.1, 0.15) is 0 Å². The van der Waals surface area contributed by atoms with Crippen molar-refractivity contribution in [3.63, 3.8) is 0 Å². The molecule has 0 spiro atoms. The average molecular weight is 301 g/mol. The SMILES string of the molecule is NC(=O)c1[c]c(Cl)cc2c1c(=O)[nH]n2Cc1ccccc1. The molecule has 0 aliphatic carbocycles. The second-order valence-corrected chi connectivity index (χ2v) is 5.04. The third kappa shape index (κ3) is 2.43. The molecule has 5 nitrogen and oxygen atoms in total. The second kappa shape index (κ2) is 5.10. The highest BCUT2D eigenvalue weighted by Crippen LogP contribution is 2.21. The zero-order valence-corrected chi connectivity index (χ0v) is 11.6. The molecular weight excluding hydrogens is 290 g/mol. The van der Waals surface area contributed by atoms with Crippen molar-refractivity contribution in [2.75, 3.05) is 0 Å². The predicted octanol–water partition coefficient (Wildman–Crippen LogP) is 1.93. The van der Waals surface area contributed by atoms with Crippen molar-refractivity contribution >= 4 is 28.4 Å². The van der Waals surface area contributed by atoms with Gasteiger partial charge in [0.05, 0.1) is 28.0 Å². The summed E-state index contributed by atoms with van der Waals surface area (Å²) in [6, 6.07) is 13.8. The number of rotatable bonds is 3. The Morgan fingerprint density at radius 3 is 2.71 bits per heavy atom. The molecule has 2 aromatic carbocycles. The Bertz CT molecular complexity index is 881. The molecule has 0 aliphatic rings. The van der Waals surface area contributed by atoms with Crippen LogP contribution in [0.2, 0.25) is 5.02 Å². The number of nitrogens with two attached hydrogens (primary N) is 1. The average Bonchev–Trinajstić information content (AvgIpc) is 2.75. The summed E-state index contributed by atoms with van der Waals surface area (Å²) in [6.45, 7) is 0.456. The number of nitrogens with one attached hydrogen (secondary N) is 1. The first-order chi connectivity index (χ1) is 10.1. The Morgan fingerprint density at radius 2 is 2.05 bits per heavy atom. The Hall–Kier alpha value is -2.53. The third-order valence-corrected chi connectivity index (χ3v) is 3.40. The van der Waals surface area contributed by atoms with Gasteiger partial charge in [-0.1, -0.05) is 41.9 Å². The number of benzene rings is 2. The summed E-state index contributed by atoms with van der Waals surface area (Å²) in [4.78, 5) is 23.5. The van der Waals surface area contributed by atoms with Gasteiger partial charge in [-0.3, -0.25) is 19.4 Å². The van der Waals surface area contributed by atoms with Crippen LogP contribution in [0.4, 0.5) is 0 Å². The smallest absolute Gasteiger partial charge is 0.272 e. The van der Waals surface area contributed by atoms with Crippen LogP contribution in [0.1, 0.15) is 15.9 Å². The van der Waals surface area contributed by atoms with Crippen molar-refractivity contribution in [3.05, 3.63) is 69.0 Å². The van der Waals surface area contributed by atoms with Crippen molar-refractivity contribution in [1.82, 2.24) is 9.78 Å². The number of halogens is 1. The van der Waals surface area contributed by atoms with Crippen molar-refractivity contribution in [1.29, 1.82) is 0 Å². The van der Waals surface area contributed by atoms with E-state index in [0.29, 0.717) is 12.1 Å². The van der Waals surface area contributed by atoms with Gasteiger partial charge in [-0.25, -0.2) is 0 Å².